The molecule has 3 fully saturated rings. The summed E-state index contributed by atoms with van der Waals surface area (Å²) in [6.45, 7) is 1.97. The van der Waals surface area contributed by atoms with Crippen LogP contribution in [0.1, 0.15) is 25.0 Å². The molecule has 19 heavy (non-hydrogen) atoms. The van der Waals surface area contributed by atoms with E-state index < -0.39 is 0 Å². The van der Waals surface area contributed by atoms with E-state index in [4.69, 9.17) is 0 Å². The molecule has 4 heteroatoms. The van der Waals surface area contributed by atoms with E-state index in [1.807, 2.05) is 31.2 Å². The third kappa shape index (κ3) is 2.30. The molecule has 0 atom stereocenters. The van der Waals surface area contributed by atoms with Gasteiger partial charge in [0.15, 0.2) is 5.65 Å². The van der Waals surface area contributed by atoms with E-state index in [0.29, 0.717) is 5.54 Å². The van der Waals surface area contributed by atoms with Gasteiger partial charge in [-0.15, -0.1) is 0 Å². The van der Waals surface area contributed by atoms with Crippen LogP contribution in [0.5, 0.6) is 0 Å². The van der Waals surface area contributed by atoms with Gasteiger partial charge in [-0.05, 0) is 56.4 Å². The first-order chi connectivity index (χ1) is 9.21. The van der Waals surface area contributed by atoms with E-state index >= 15 is 0 Å². The molecule has 0 aliphatic heterocycles. The largest absolute Gasteiger partial charge is 0.353 e. The maximum atomic E-state index is 9.93. The summed E-state index contributed by atoms with van der Waals surface area (Å²) in [5.74, 6) is 0.961. The number of fused-ring (bicyclic) bond motifs is 1. The summed E-state index contributed by atoms with van der Waals surface area (Å²) in [5, 5.41) is 3.94. The van der Waals surface area contributed by atoms with Gasteiger partial charge < -0.3 is 5.32 Å². The molecule has 0 unspecified atom stereocenters. The summed E-state index contributed by atoms with van der Waals surface area (Å²) in [5.41, 5.74) is 2.13. The summed E-state index contributed by atoms with van der Waals surface area (Å²) in [6, 6.07) is 7.95. The van der Waals surface area contributed by atoms with Crippen molar-refractivity contribution in [2.75, 3.05) is 0 Å². The predicted molar refractivity (Wildman–Crippen MR) is 73.5 cm³/mol. The molecule has 5 rings (SSSR count). The van der Waals surface area contributed by atoms with Crippen molar-refractivity contribution in [2.45, 2.75) is 31.7 Å². The lowest BCUT2D eigenvalue weighted by Crippen LogP contribution is -2.66. The second-order valence-electron chi connectivity index (χ2n) is 5.52. The molecule has 1 N–H and O–H groups in total. The number of carbonyl (C=O) groups excluding carboxylic acids is 1. The van der Waals surface area contributed by atoms with Gasteiger partial charge in [-0.2, -0.15) is 0 Å². The first-order valence-corrected chi connectivity index (χ1v) is 6.60. The minimum atomic E-state index is 0.298. The van der Waals surface area contributed by atoms with Gasteiger partial charge in [0.05, 0.1) is 0 Å². The van der Waals surface area contributed by atoms with Gasteiger partial charge in [0.1, 0.15) is 0 Å². The molecule has 0 spiro atoms. The monoisotopic (exact) mass is 255 g/mol. The molecule has 3 aliphatic carbocycles. The fraction of sp³-hybridized carbons (Fsp3) is 0.400. The number of aryl methyl sites for hydroxylation is 1. The van der Waals surface area contributed by atoms with Crippen LogP contribution < -0.4 is 5.32 Å². The van der Waals surface area contributed by atoms with Crippen molar-refractivity contribution >= 4 is 17.4 Å². The minimum absolute atomic E-state index is 0.298. The third-order valence-corrected chi connectivity index (χ3v) is 4.01. The maximum absolute atomic E-state index is 9.93. The van der Waals surface area contributed by atoms with Crippen molar-refractivity contribution in [3.05, 3.63) is 36.2 Å². The Kier molecular flexibility index (Phi) is 2.93. The van der Waals surface area contributed by atoms with Gasteiger partial charge in [-0.1, -0.05) is 0 Å². The highest BCUT2D eigenvalue weighted by atomic mass is 16.1. The van der Waals surface area contributed by atoms with Gasteiger partial charge in [0, 0.05) is 22.8 Å². The lowest BCUT2D eigenvalue weighted by Gasteiger charge is -2.61. The van der Waals surface area contributed by atoms with Gasteiger partial charge in [-0.25, -0.2) is 9.97 Å². The van der Waals surface area contributed by atoms with Gasteiger partial charge >= 0.3 is 0 Å². The molecular weight excluding hydrogens is 238 g/mol. The van der Waals surface area contributed by atoms with Crippen LogP contribution in [0.25, 0.3) is 11.0 Å². The predicted octanol–water partition coefficient (Wildman–Crippen LogP) is 2.22. The first kappa shape index (κ1) is 12.1. The van der Waals surface area contributed by atoms with Crippen LogP contribution in [-0.2, 0) is 4.79 Å². The summed E-state index contributed by atoms with van der Waals surface area (Å²) in [4.78, 5) is 18.3. The maximum Gasteiger partial charge on any atom is 0.207 e. The average molecular weight is 255 g/mol. The number of aromatic nitrogens is 2. The molecule has 3 saturated carbocycles. The van der Waals surface area contributed by atoms with Crippen LogP contribution in [0.3, 0.4) is 0 Å². The molecule has 4 nitrogen and oxygen atoms in total. The minimum Gasteiger partial charge on any atom is -0.353 e. The van der Waals surface area contributed by atoms with Crippen molar-refractivity contribution in [1.29, 1.82) is 0 Å². The quantitative estimate of drug-likeness (QED) is 0.837. The Morgan fingerprint density at radius 1 is 1.32 bits per heavy atom. The molecule has 0 radical (unpaired) electrons. The summed E-state index contributed by atoms with van der Waals surface area (Å²) >= 11 is 0. The van der Waals surface area contributed by atoms with Gasteiger partial charge in [0.2, 0.25) is 6.41 Å². The summed E-state index contributed by atoms with van der Waals surface area (Å²) in [6.07, 6.45) is 6.31. The van der Waals surface area contributed by atoms with Gasteiger partial charge in [-0.3, -0.25) is 4.79 Å². The van der Waals surface area contributed by atoms with E-state index in [-0.39, 0.29) is 0 Å². The third-order valence-electron chi connectivity index (χ3n) is 4.01. The Bertz CT molecular complexity index is 594. The highest BCUT2D eigenvalue weighted by Crippen LogP contribution is 2.56. The lowest BCUT2D eigenvalue weighted by atomic mass is 9.50. The zero-order chi connectivity index (χ0) is 13.3. The number of hydrogen-bond donors (Lipinski definition) is 1. The molecule has 2 bridgehead atoms. The molecule has 3 aliphatic rings. The Morgan fingerprint density at radius 2 is 2.11 bits per heavy atom. The van der Waals surface area contributed by atoms with Gasteiger partial charge in [0.25, 0.3) is 0 Å². The summed E-state index contributed by atoms with van der Waals surface area (Å²) < 4.78 is 0. The van der Waals surface area contributed by atoms with Crippen molar-refractivity contribution in [3.8, 4) is 0 Å². The fourth-order valence-corrected chi connectivity index (χ4v) is 2.83. The number of amides is 1. The second kappa shape index (κ2) is 4.61. The average Bonchev–Trinajstić information content (AvgIpc) is 2.33. The zero-order valence-corrected chi connectivity index (χ0v) is 11.0. The molecule has 98 valence electrons. The Labute approximate surface area is 112 Å². The number of carbonyl (C=O) groups is 1. The Balaban J connectivity index is 0.000000122. The van der Waals surface area contributed by atoms with Crippen LogP contribution >= 0.6 is 0 Å². The molecule has 2 aromatic rings. The van der Waals surface area contributed by atoms with Crippen molar-refractivity contribution < 1.29 is 4.79 Å². The first-order valence-electron chi connectivity index (χ1n) is 6.60. The zero-order valence-electron chi connectivity index (χ0n) is 11.0. The Morgan fingerprint density at radius 3 is 2.68 bits per heavy atom. The van der Waals surface area contributed by atoms with Crippen LogP contribution in [0.15, 0.2) is 30.5 Å². The fourth-order valence-electron chi connectivity index (χ4n) is 2.83. The van der Waals surface area contributed by atoms with E-state index in [2.05, 4.69) is 15.3 Å². The smallest absolute Gasteiger partial charge is 0.207 e. The van der Waals surface area contributed by atoms with Crippen molar-refractivity contribution in [2.24, 2.45) is 5.92 Å². The standard InChI is InChI=1S/C9H8N2.C6H9NO/c1-7-4-5-8-3-2-6-10-9(8)11-7;8-4-7-6-1-5(2-6)3-6/h2-6H,1H3;4-5H,1-3H2,(H,7,8). The highest BCUT2D eigenvalue weighted by molar-refractivity contribution is 5.74. The van der Waals surface area contributed by atoms with E-state index in [1.165, 1.54) is 19.3 Å². The molecule has 0 saturated heterocycles. The molecular formula is C15H17N3O. The molecule has 1 amide bonds. The summed E-state index contributed by atoms with van der Waals surface area (Å²) in [7, 11) is 0. The van der Waals surface area contributed by atoms with Crippen LogP contribution in [0, 0.1) is 12.8 Å². The lowest BCUT2D eigenvalue weighted by molar-refractivity contribution is -0.120. The second-order valence-corrected chi connectivity index (χ2v) is 5.52. The number of rotatable bonds is 2. The van der Waals surface area contributed by atoms with E-state index in [0.717, 1.165) is 29.1 Å². The van der Waals surface area contributed by atoms with E-state index in [1.54, 1.807) is 6.20 Å². The Hall–Kier alpha value is -1.97. The normalized spacial score (nSPS) is 26.5. The molecule has 2 heterocycles. The van der Waals surface area contributed by atoms with Crippen LogP contribution in [0.2, 0.25) is 0 Å². The van der Waals surface area contributed by atoms with Crippen LogP contribution in [-0.4, -0.2) is 21.9 Å². The number of nitrogens with zero attached hydrogens (tertiary/aromatic N) is 2. The number of nitrogens with one attached hydrogen (secondary N) is 1. The van der Waals surface area contributed by atoms with Crippen LogP contribution in [0.4, 0.5) is 0 Å². The SMILES string of the molecule is Cc1ccc2cccnc2n1.O=CNC12CC(C1)C2. The topological polar surface area (TPSA) is 54.9 Å². The number of hydrogen-bond acceptors (Lipinski definition) is 3. The van der Waals surface area contributed by atoms with E-state index in [9.17, 15) is 4.79 Å². The molecule has 2 aromatic heterocycles. The van der Waals surface area contributed by atoms with Crippen molar-refractivity contribution in [1.82, 2.24) is 15.3 Å². The van der Waals surface area contributed by atoms with Crippen molar-refractivity contribution in [3.63, 3.8) is 0 Å². The highest BCUT2D eigenvalue weighted by Gasteiger charge is 2.56. The number of pyridine rings is 2. The molecule has 0 aromatic carbocycles.